The van der Waals surface area contributed by atoms with Gasteiger partial charge >= 0.3 is 0 Å². The SMILES string of the molecule is CNC(C)c1cnc(-c2c(C)cccc2C)s1. The maximum Gasteiger partial charge on any atom is 0.124 e. The predicted molar refractivity (Wildman–Crippen MR) is 74.5 cm³/mol. The molecule has 0 saturated carbocycles. The minimum Gasteiger partial charge on any atom is -0.312 e. The van der Waals surface area contributed by atoms with Crippen molar-refractivity contribution in [3.63, 3.8) is 0 Å². The topological polar surface area (TPSA) is 24.9 Å². The van der Waals surface area contributed by atoms with Crippen molar-refractivity contribution >= 4 is 11.3 Å². The fourth-order valence-electron chi connectivity index (χ4n) is 1.90. The van der Waals surface area contributed by atoms with E-state index in [2.05, 4.69) is 49.3 Å². The van der Waals surface area contributed by atoms with E-state index in [9.17, 15) is 0 Å². The molecule has 1 aromatic carbocycles. The van der Waals surface area contributed by atoms with Crippen LogP contribution in [0, 0.1) is 13.8 Å². The summed E-state index contributed by atoms with van der Waals surface area (Å²) in [5, 5.41) is 4.37. The molecule has 1 heterocycles. The van der Waals surface area contributed by atoms with Crippen LogP contribution in [0.3, 0.4) is 0 Å². The molecule has 0 fully saturated rings. The number of aromatic nitrogens is 1. The Labute approximate surface area is 107 Å². The molecule has 0 radical (unpaired) electrons. The molecular formula is C14H18N2S. The second-order valence-electron chi connectivity index (χ2n) is 4.34. The summed E-state index contributed by atoms with van der Waals surface area (Å²) in [5.41, 5.74) is 3.87. The van der Waals surface area contributed by atoms with Crippen LogP contribution in [-0.4, -0.2) is 12.0 Å². The van der Waals surface area contributed by atoms with Gasteiger partial charge in [-0.3, -0.25) is 0 Å². The van der Waals surface area contributed by atoms with E-state index in [0.29, 0.717) is 6.04 Å². The zero-order chi connectivity index (χ0) is 12.4. The Balaban J connectivity index is 2.44. The first-order chi connectivity index (χ1) is 8.13. The number of benzene rings is 1. The molecule has 90 valence electrons. The van der Waals surface area contributed by atoms with E-state index in [0.717, 1.165) is 5.01 Å². The molecule has 1 N–H and O–H groups in total. The first-order valence-electron chi connectivity index (χ1n) is 5.83. The quantitative estimate of drug-likeness (QED) is 0.893. The molecule has 0 bridgehead atoms. The molecule has 1 aromatic heterocycles. The van der Waals surface area contributed by atoms with Crippen LogP contribution >= 0.6 is 11.3 Å². The standard InChI is InChI=1S/C14H18N2S/c1-9-6-5-7-10(2)13(9)14-16-8-12(17-14)11(3)15-4/h5-8,11,15H,1-4H3. The minimum absolute atomic E-state index is 0.366. The molecule has 1 unspecified atom stereocenters. The molecule has 0 aliphatic carbocycles. The van der Waals surface area contributed by atoms with E-state index in [4.69, 9.17) is 0 Å². The highest BCUT2D eigenvalue weighted by Crippen LogP contribution is 2.32. The van der Waals surface area contributed by atoms with E-state index in [1.807, 2.05) is 13.2 Å². The van der Waals surface area contributed by atoms with Crippen LogP contribution in [0.15, 0.2) is 24.4 Å². The first-order valence-corrected chi connectivity index (χ1v) is 6.64. The smallest absolute Gasteiger partial charge is 0.124 e. The molecule has 0 amide bonds. The van der Waals surface area contributed by atoms with Gasteiger partial charge in [-0.15, -0.1) is 11.3 Å². The van der Waals surface area contributed by atoms with Gasteiger partial charge in [-0.1, -0.05) is 18.2 Å². The third-order valence-electron chi connectivity index (χ3n) is 3.08. The lowest BCUT2D eigenvalue weighted by atomic mass is 10.0. The second-order valence-corrected chi connectivity index (χ2v) is 5.41. The molecule has 3 heteroatoms. The molecular weight excluding hydrogens is 228 g/mol. The summed E-state index contributed by atoms with van der Waals surface area (Å²) >= 11 is 1.77. The highest BCUT2D eigenvalue weighted by Gasteiger charge is 2.12. The Bertz CT molecular complexity index is 496. The average molecular weight is 246 g/mol. The lowest BCUT2D eigenvalue weighted by Gasteiger charge is -2.07. The summed E-state index contributed by atoms with van der Waals surface area (Å²) in [4.78, 5) is 5.84. The van der Waals surface area contributed by atoms with Crippen LogP contribution in [-0.2, 0) is 0 Å². The summed E-state index contributed by atoms with van der Waals surface area (Å²) in [5.74, 6) is 0. The largest absolute Gasteiger partial charge is 0.312 e. The molecule has 17 heavy (non-hydrogen) atoms. The van der Waals surface area contributed by atoms with Gasteiger partial charge in [0, 0.05) is 22.7 Å². The second kappa shape index (κ2) is 4.98. The predicted octanol–water partition coefficient (Wildman–Crippen LogP) is 3.71. The van der Waals surface area contributed by atoms with E-state index < -0.39 is 0 Å². The Morgan fingerprint density at radius 3 is 2.47 bits per heavy atom. The number of aryl methyl sites for hydroxylation is 2. The molecule has 0 aliphatic heterocycles. The number of hydrogen-bond donors (Lipinski definition) is 1. The van der Waals surface area contributed by atoms with Crippen LogP contribution in [0.5, 0.6) is 0 Å². The lowest BCUT2D eigenvalue weighted by Crippen LogP contribution is -2.10. The van der Waals surface area contributed by atoms with Crippen molar-refractivity contribution in [2.45, 2.75) is 26.8 Å². The summed E-state index contributed by atoms with van der Waals surface area (Å²) < 4.78 is 0. The summed E-state index contributed by atoms with van der Waals surface area (Å²) in [6, 6.07) is 6.75. The van der Waals surface area contributed by atoms with Gasteiger partial charge in [-0.25, -0.2) is 4.98 Å². The van der Waals surface area contributed by atoms with Gasteiger partial charge in [0.25, 0.3) is 0 Å². The van der Waals surface area contributed by atoms with Crippen LogP contribution in [0.4, 0.5) is 0 Å². The van der Waals surface area contributed by atoms with E-state index >= 15 is 0 Å². The van der Waals surface area contributed by atoms with Crippen molar-refractivity contribution in [2.75, 3.05) is 7.05 Å². The van der Waals surface area contributed by atoms with Crippen LogP contribution in [0.2, 0.25) is 0 Å². The number of thiazole rings is 1. The number of nitrogens with zero attached hydrogens (tertiary/aromatic N) is 1. The highest BCUT2D eigenvalue weighted by molar-refractivity contribution is 7.15. The number of hydrogen-bond acceptors (Lipinski definition) is 3. The average Bonchev–Trinajstić information content (AvgIpc) is 2.77. The van der Waals surface area contributed by atoms with Crippen molar-refractivity contribution in [3.8, 4) is 10.6 Å². The fraction of sp³-hybridized carbons (Fsp3) is 0.357. The summed E-state index contributed by atoms with van der Waals surface area (Å²) in [6.07, 6.45) is 1.98. The van der Waals surface area contributed by atoms with Gasteiger partial charge in [-0.05, 0) is 38.9 Å². The first kappa shape index (κ1) is 12.3. The van der Waals surface area contributed by atoms with Crippen LogP contribution < -0.4 is 5.32 Å². The van der Waals surface area contributed by atoms with Crippen molar-refractivity contribution in [3.05, 3.63) is 40.4 Å². The normalized spacial score (nSPS) is 12.7. The van der Waals surface area contributed by atoms with Crippen molar-refractivity contribution in [1.82, 2.24) is 10.3 Å². The molecule has 2 nitrogen and oxygen atoms in total. The number of rotatable bonds is 3. The zero-order valence-corrected chi connectivity index (χ0v) is 11.6. The third-order valence-corrected chi connectivity index (χ3v) is 4.28. The Morgan fingerprint density at radius 1 is 1.24 bits per heavy atom. The van der Waals surface area contributed by atoms with E-state index in [1.54, 1.807) is 11.3 Å². The van der Waals surface area contributed by atoms with Gasteiger partial charge in [0.2, 0.25) is 0 Å². The van der Waals surface area contributed by atoms with Crippen LogP contribution in [0.25, 0.3) is 10.6 Å². The van der Waals surface area contributed by atoms with E-state index in [-0.39, 0.29) is 0 Å². The van der Waals surface area contributed by atoms with Gasteiger partial charge < -0.3 is 5.32 Å². The third kappa shape index (κ3) is 2.40. The maximum atomic E-state index is 4.56. The Morgan fingerprint density at radius 2 is 1.88 bits per heavy atom. The van der Waals surface area contributed by atoms with Gasteiger partial charge in [0.05, 0.1) is 0 Å². The molecule has 0 spiro atoms. The molecule has 2 aromatic rings. The molecule has 2 rings (SSSR count). The van der Waals surface area contributed by atoms with Crippen molar-refractivity contribution in [2.24, 2.45) is 0 Å². The van der Waals surface area contributed by atoms with Gasteiger partial charge in [-0.2, -0.15) is 0 Å². The van der Waals surface area contributed by atoms with Crippen LogP contribution in [0.1, 0.15) is 29.0 Å². The van der Waals surface area contributed by atoms with Gasteiger partial charge in [0.15, 0.2) is 0 Å². The van der Waals surface area contributed by atoms with Crippen molar-refractivity contribution in [1.29, 1.82) is 0 Å². The Kier molecular flexibility index (Phi) is 3.60. The fourth-order valence-corrected chi connectivity index (χ4v) is 3.05. The minimum atomic E-state index is 0.366. The van der Waals surface area contributed by atoms with Gasteiger partial charge in [0.1, 0.15) is 5.01 Å². The molecule has 0 aliphatic rings. The van der Waals surface area contributed by atoms with E-state index in [1.165, 1.54) is 21.6 Å². The summed E-state index contributed by atoms with van der Waals surface area (Å²) in [7, 11) is 1.98. The maximum absolute atomic E-state index is 4.56. The number of nitrogens with one attached hydrogen (secondary N) is 1. The Hall–Kier alpha value is -1.19. The monoisotopic (exact) mass is 246 g/mol. The zero-order valence-electron chi connectivity index (χ0n) is 10.7. The molecule has 1 atom stereocenters. The lowest BCUT2D eigenvalue weighted by molar-refractivity contribution is 0.662. The van der Waals surface area contributed by atoms with Crippen molar-refractivity contribution < 1.29 is 0 Å². The summed E-state index contributed by atoms with van der Waals surface area (Å²) in [6.45, 7) is 6.44. The molecule has 0 saturated heterocycles. The highest BCUT2D eigenvalue weighted by atomic mass is 32.1.